The van der Waals surface area contributed by atoms with Crippen LogP contribution in [-0.2, 0) is 13.7 Å². The molecule has 0 saturated heterocycles. The number of aliphatic hydroxyl groups is 1. The van der Waals surface area contributed by atoms with E-state index in [9.17, 15) is 0 Å². The Morgan fingerprint density at radius 2 is 2.33 bits per heavy atom. The summed E-state index contributed by atoms with van der Waals surface area (Å²) in [6.07, 6.45) is 0.131. The molecule has 12 heavy (non-hydrogen) atoms. The summed E-state index contributed by atoms with van der Waals surface area (Å²) in [7, 11) is 1.79. The summed E-state index contributed by atoms with van der Waals surface area (Å²) in [5.41, 5.74) is 0.633. The zero-order valence-corrected chi connectivity index (χ0v) is 7.61. The molecular formula is C8H14N2O2. The van der Waals surface area contributed by atoms with Gasteiger partial charge in [0.15, 0.2) is 0 Å². The molecule has 1 N–H and O–H groups in total. The summed E-state index contributed by atoms with van der Waals surface area (Å²) in [4.78, 5) is 0. The third-order valence-electron chi connectivity index (χ3n) is 1.41. The fourth-order valence-electron chi connectivity index (χ4n) is 0.936. The first-order valence-corrected chi connectivity index (χ1v) is 3.94. The number of hydrogen-bond donors (Lipinski definition) is 1. The fourth-order valence-corrected chi connectivity index (χ4v) is 0.936. The Morgan fingerprint density at radius 1 is 1.67 bits per heavy atom. The first-order chi connectivity index (χ1) is 5.63. The molecule has 4 heteroatoms. The Kier molecular flexibility index (Phi) is 2.70. The van der Waals surface area contributed by atoms with E-state index in [0.717, 1.165) is 0 Å². The van der Waals surface area contributed by atoms with Gasteiger partial charge < -0.3 is 9.84 Å². The van der Waals surface area contributed by atoms with E-state index in [2.05, 4.69) is 5.10 Å². The summed E-state index contributed by atoms with van der Waals surface area (Å²) in [6.45, 7) is 3.85. The van der Waals surface area contributed by atoms with Gasteiger partial charge in [-0.25, -0.2) is 4.68 Å². The Hall–Kier alpha value is -1.03. The van der Waals surface area contributed by atoms with Gasteiger partial charge in [0, 0.05) is 13.1 Å². The smallest absolute Gasteiger partial charge is 0.212 e. The average molecular weight is 170 g/mol. The standard InChI is InChI=1S/C8H14N2O2/c1-6(2)12-8-4-7(5-11)9-10(8)3/h4,6,11H,5H2,1-3H3. The van der Waals surface area contributed by atoms with Gasteiger partial charge in [-0.05, 0) is 13.8 Å². The monoisotopic (exact) mass is 170 g/mol. The third-order valence-corrected chi connectivity index (χ3v) is 1.41. The van der Waals surface area contributed by atoms with Crippen LogP contribution in [0.3, 0.4) is 0 Å². The van der Waals surface area contributed by atoms with Crippen LogP contribution in [0.2, 0.25) is 0 Å². The van der Waals surface area contributed by atoms with E-state index < -0.39 is 0 Å². The second-order valence-electron chi connectivity index (χ2n) is 2.92. The van der Waals surface area contributed by atoms with Crippen molar-refractivity contribution in [3.05, 3.63) is 11.8 Å². The molecule has 0 aliphatic heterocycles. The van der Waals surface area contributed by atoms with E-state index in [1.165, 1.54) is 0 Å². The van der Waals surface area contributed by atoms with E-state index in [0.29, 0.717) is 11.6 Å². The molecule has 1 heterocycles. The maximum Gasteiger partial charge on any atom is 0.212 e. The molecule has 0 atom stereocenters. The van der Waals surface area contributed by atoms with Crippen molar-refractivity contribution in [1.82, 2.24) is 9.78 Å². The molecule has 0 unspecified atom stereocenters. The van der Waals surface area contributed by atoms with Gasteiger partial charge in [-0.1, -0.05) is 0 Å². The highest BCUT2D eigenvalue weighted by Gasteiger charge is 2.05. The largest absolute Gasteiger partial charge is 0.475 e. The van der Waals surface area contributed by atoms with Gasteiger partial charge >= 0.3 is 0 Å². The quantitative estimate of drug-likeness (QED) is 0.726. The SMILES string of the molecule is CC(C)Oc1cc(CO)nn1C. The molecule has 0 amide bonds. The maximum atomic E-state index is 8.78. The lowest BCUT2D eigenvalue weighted by Gasteiger charge is -2.07. The van der Waals surface area contributed by atoms with Crippen LogP contribution >= 0.6 is 0 Å². The highest BCUT2D eigenvalue weighted by molar-refractivity contribution is 5.15. The molecular weight excluding hydrogens is 156 g/mol. The average Bonchev–Trinajstić information content (AvgIpc) is 2.31. The van der Waals surface area contributed by atoms with Gasteiger partial charge in [0.2, 0.25) is 5.88 Å². The molecule has 0 spiro atoms. The molecule has 4 nitrogen and oxygen atoms in total. The van der Waals surface area contributed by atoms with Gasteiger partial charge in [-0.2, -0.15) is 5.10 Å². The molecule has 1 aromatic heterocycles. The summed E-state index contributed by atoms with van der Waals surface area (Å²) >= 11 is 0. The van der Waals surface area contributed by atoms with E-state index >= 15 is 0 Å². The van der Waals surface area contributed by atoms with E-state index in [4.69, 9.17) is 9.84 Å². The van der Waals surface area contributed by atoms with E-state index in [1.807, 2.05) is 13.8 Å². The van der Waals surface area contributed by atoms with Crippen LogP contribution in [0.25, 0.3) is 0 Å². The van der Waals surface area contributed by atoms with Crippen molar-refractivity contribution < 1.29 is 9.84 Å². The first kappa shape index (κ1) is 9.06. The normalized spacial score (nSPS) is 10.8. The lowest BCUT2D eigenvalue weighted by Crippen LogP contribution is -2.08. The van der Waals surface area contributed by atoms with E-state index in [1.54, 1.807) is 17.8 Å². The Morgan fingerprint density at radius 3 is 2.75 bits per heavy atom. The number of aromatic nitrogens is 2. The Balaban J connectivity index is 2.77. The van der Waals surface area contributed by atoms with Crippen molar-refractivity contribution in [2.75, 3.05) is 0 Å². The highest BCUT2D eigenvalue weighted by Crippen LogP contribution is 2.13. The zero-order valence-electron chi connectivity index (χ0n) is 7.61. The van der Waals surface area contributed by atoms with Gasteiger partial charge in [0.05, 0.1) is 18.4 Å². The van der Waals surface area contributed by atoms with Crippen LogP contribution in [0.4, 0.5) is 0 Å². The highest BCUT2D eigenvalue weighted by atomic mass is 16.5. The van der Waals surface area contributed by atoms with E-state index in [-0.39, 0.29) is 12.7 Å². The van der Waals surface area contributed by atoms with Crippen LogP contribution in [0.1, 0.15) is 19.5 Å². The van der Waals surface area contributed by atoms with Crippen molar-refractivity contribution in [2.45, 2.75) is 26.6 Å². The van der Waals surface area contributed by atoms with Crippen LogP contribution in [0.15, 0.2) is 6.07 Å². The molecule has 0 fully saturated rings. The zero-order chi connectivity index (χ0) is 9.14. The molecule has 68 valence electrons. The topological polar surface area (TPSA) is 47.3 Å². The maximum absolute atomic E-state index is 8.78. The van der Waals surface area contributed by atoms with Gasteiger partial charge in [-0.3, -0.25) is 0 Å². The molecule has 1 aromatic rings. The summed E-state index contributed by atoms with van der Waals surface area (Å²) < 4.78 is 7.03. The molecule has 0 aliphatic carbocycles. The number of ether oxygens (including phenoxy) is 1. The number of hydrogen-bond acceptors (Lipinski definition) is 3. The van der Waals surface area contributed by atoms with Crippen LogP contribution in [0, 0.1) is 0 Å². The number of rotatable bonds is 3. The Bertz CT molecular complexity index is 256. The molecule has 0 radical (unpaired) electrons. The van der Waals surface area contributed by atoms with Gasteiger partial charge in [-0.15, -0.1) is 0 Å². The summed E-state index contributed by atoms with van der Waals surface area (Å²) in [6, 6.07) is 1.74. The summed E-state index contributed by atoms with van der Waals surface area (Å²) in [5, 5.41) is 12.8. The third kappa shape index (κ3) is 1.98. The predicted octanol–water partition coefficient (Wildman–Crippen LogP) is 0.700. The second kappa shape index (κ2) is 3.58. The minimum atomic E-state index is -0.0463. The molecule has 0 aliphatic rings. The minimum absolute atomic E-state index is 0.0463. The van der Waals surface area contributed by atoms with Crippen molar-refractivity contribution in [2.24, 2.45) is 7.05 Å². The van der Waals surface area contributed by atoms with Crippen LogP contribution < -0.4 is 4.74 Å². The predicted molar refractivity (Wildman–Crippen MR) is 44.9 cm³/mol. The molecule has 0 aromatic carbocycles. The van der Waals surface area contributed by atoms with Gasteiger partial charge in [0.25, 0.3) is 0 Å². The lowest BCUT2D eigenvalue weighted by atomic mass is 10.4. The minimum Gasteiger partial charge on any atom is -0.475 e. The molecule has 0 bridgehead atoms. The lowest BCUT2D eigenvalue weighted by molar-refractivity contribution is 0.221. The fraction of sp³-hybridized carbons (Fsp3) is 0.625. The number of aryl methyl sites for hydroxylation is 1. The van der Waals surface area contributed by atoms with Crippen molar-refractivity contribution in [3.63, 3.8) is 0 Å². The number of aliphatic hydroxyl groups excluding tert-OH is 1. The molecule has 1 rings (SSSR count). The second-order valence-corrected chi connectivity index (χ2v) is 2.92. The molecule has 0 saturated carbocycles. The van der Waals surface area contributed by atoms with Crippen molar-refractivity contribution in [1.29, 1.82) is 0 Å². The van der Waals surface area contributed by atoms with Crippen molar-refractivity contribution in [3.8, 4) is 5.88 Å². The van der Waals surface area contributed by atoms with Crippen molar-refractivity contribution >= 4 is 0 Å². The van der Waals surface area contributed by atoms with Crippen LogP contribution in [0.5, 0.6) is 5.88 Å². The number of nitrogens with zero attached hydrogens (tertiary/aromatic N) is 2. The van der Waals surface area contributed by atoms with Crippen LogP contribution in [-0.4, -0.2) is 21.0 Å². The first-order valence-electron chi connectivity index (χ1n) is 3.94. The Labute approximate surface area is 71.8 Å². The summed E-state index contributed by atoms with van der Waals surface area (Å²) in [5.74, 6) is 0.689. The van der Waals surface area contributed by atoms with Gasteiger partial charge in [0.1, 0.15) is 0 Å².